The van der Waals surface area contributed by atoms with Gasteiger partial charge in [0, 0.05) is 7.11 Å². The van der Waals surface area contributed by atoms with Crippen LogP contribution in [0.3, 0.4) is 0 Å². The summed E-state index contributed by atoms with van der Waals surface area (Å²) in [6.45, 7) is 42.8. The molecule has 47 nitrogen and oxygen atoms in total. The highest BCUT2D eigenvalue weighted by molar-refractivity contribution is 4.49. The van der Waals surface area contributed by atoms with E-state index in [2.05, 4.69) is 4.89 Å². The van der Waals surface area contributed by atoms with Crippen LogP contribution in [0.1, 0.15) is 0 Å². The Kier molecular flexibility index (Phi) is 133. The Bertz CT molecular complexity index is 1760. The van der Waals surface area contributed by atoms with Crippen molar-refractivity contribution in [2.75, 3.05) is 602 Å². The quantitative estimate of drug-likeness (QED) is 0.0501. The van der Waals surface area contributed by atoms with E-state index in [-0.39, 0.29) is 6.61 Å². The van der Waals surface area contributed by atoms with Crippen molar-refractivity contribution in [3.8, 4) is 0 Å². The first-order valence-electron chi connectivity index (χ1n) is 49.1. The molecular weight excluding hydrogens is 1840 g/mol. The summed E-state index contributed by atoms with van der Waals surface area (Å²) in [5.41, 5.74) is 0. The van der Waals surface area contributed by atoms with Gasteiger partial charge in [-0.05, 0) is 0 Å². The minimum atomic E-state index is 0.139. The van der Waals surface area contributed by atoms with Crippen LogP contribution in [0.4, 0.5) is 0 Å². The summed E-state index contributed by atoms with van der Waals surface area (Å²) in [4.78, 5) is 3.91. The monoisotopic (exact) mass is 2030 g/mol. The molecule has 0 spiro atoms. The number of hydrogen-bond donors (Lipinski definition) is 1. The lowest BCUT2D eigenvalue weighted by Gasteiger charge is -2.09. The summed E-state index contributed by atoms with van der Waals surface area (Å²) < 4.78 is 247. The van der Waals surface area contributed by atoms with Crippen LogP contribution in [-0.4, -0.2) is 607 Å². The summed E-state index contributed by atoms with van der Waals surface area (Å²) in [5, 5.41) is 8.19. The number of hydrogen-bond acceptors (Lipinski definition) is 47. The standard InChI is InChI=1S/C91H184O47/c1-93-2-3-94-4-5-95-6-7-96-8-9-97-10-11-98-12-13-99-14-15-100-16-17-101-18-19-102-20-21-103-22-23-104-24-25-105-26-27-106-28-29-107-30-31-108-32-33-109-34-35-110-36-37-111-38-39-112-40-41-113-42-43-114-44-45-115-46-47-116-48-49-117-50-51-118-52-53-119-54-55-120-56-57-121-58-59-122-60-61-123-62-63-124-64-65-125-66-67-126-68-69-127-70-71-128-72-73-129-74-75-130-76-77-131-78-79-132-80-81-133-82-83-134-84-85-135-86-87-136-88-89-137-90-91-138-92/h92H,2-91H2,1H3. The summed E-state index contributed by atoms with van der Waals surface area (Å²) in [6, 6.07) is 0. The molecular formula is C91H184O47. The molecule has 0 aliphatic rings. The third-order valence-electron chi connectivity index (χ3n) is 16.7. The zero-order chi connectivity index (χ0) is 98.2. The molecule has 0 unspecified atom stereocenters. The molecule has 0 fully saturated rings. The maximum Gasteiger partial charge on any atom is 0.105 e. The average Bonchev–Trinajstić information content (AvgIpc) is 1.10. The molecule has 0 aromatic carbocycles. The predicted octanol–water partition coefficient (Wildman–Crippen LogP) is 0.853. The van der Waals surface area contributed by atoms with Gasteiger partial charge in [-0.3, -0.25) is 5.26 Å². The van der Waals surface area contributed by atoms with Crippen molar-refractivity contribution in [3.05, 3.63) is 0 Å². The van der Waals surface area contributed by atoms with Crippen molar-refractivity contribution in [1.29, 1.82) is 0 Å². The van der Waals surface area contributed by atoms with Crippen molar-refractivity contribution in [2.45, 2.75) is 0 Å². The summed E-state index contributed by atoms with van der Waals surface area (Å²) in [6.07, 6.45) is 0. The normalized spacial score (nSPS) is 11.9. The molecule has 0 bridgehead atoms. The fourth-order valence-electron chi connectivity index (χ4n) is 9.80. The van der Waals surface area contributed by atoms with Gasteiger partial charge in [-0.25, -0.2) is 4.89 Å². The zero-order valence-corrected chi connectivity index (χ0v) is 83.9. The molecule has 0 aromatic heterocycles. The molecule has 138 heavy (non-hydrogen) atoms. The van der Waals surface area contributed by atoms with Crippen LogP contribution in [0.5, 0.6) is 0 Å². The maximum atomic E-state index is 8.19. The van der Waals surface area contributed by atoms with E-state index >= 15 is 0 Å². The van der Waals surface area contributed by atoms with Gasteiger partial charge in [0.05, 0.1) is 588 Å². The second-order valence-electron chi connectivity index (χ2n) is 27.8. The number of ether oxygens (including phenoxy) is 45. The van der Waals surface area contributed by atoms with Crippen molar-refractivity contribution in [2.24, 2.45) is 0 Å². The Labute approximate surface area is 822 Å². The highest BCUT2D eigenvalue weighted by Crippen LogP contribution is 1.97. The van der Waals surface area contributed by atoms with Crippen LogP contribution in [0, 0.1) is 0 Å². The van der Waals surface area contributed by atoms with E-state index in [1.165, 1.54) is 0 Å². The fraction of sp³-hybridized carbons (Fsp3) is 1.00. The Hall–Kier alpha value is -1.88. The van der Waals surface area contributed by atoms with Crippen LogP contribution in [0.2, 0.25) is 0 Å². The smallest absolute Gasteiger partial charge is 0.105 e. The van der Waals surface area contributed by atoms with Gasteiger partial charge < -0.3 is 213 Å². The van der Waals surface area contributed by atoms with E-state index in [4.69, 9.17) is 218 Å². The lowest BCUT2D eigenvalue weighted by atomic mass is 10.6. The average molecular weight is 2030 g/mol. The van der Waals surface area contributed by atoms with Gasteiger partial charge in [0.2, 0.25) is 0 Å². The van der Waals surface area contributed by atoms with Crippen molar-refractivity contribution < 1.29 is 223 Å². The number of rotatable bonds is 135. The number of methoxy groups -OCH3 is 1. The lowest BCUT2D eigenvalue weighted by Crippen LogP contribution is -2.16. The highest BCUT2D eigenvalue weighted by Gasteiger charge is 2.07. The lowest BCUT2D eigenvalue weighted by molar-refractivity contribution is -0.249. The second kappa shape index (κ2) is 135. The third kappa shape index (κ3) is 134. The molecule has 0 heterocycles. The molecule has 830 valence electrons. The fourth-order valence-corrected chi connectivity index (χ4v) is 9.80. The van der Waals surface area contributed by atoms with E-state index < -0.39 is 0 Å². The molecule has 0 aliphatic carbocycles. The van der Waals surface area contributed by atoms with Gasteiger partial charge in [0.25, 0.3) is 0 Å². The summed E-state index contributed by atoms with van der Waals surface area (Å²) in [5.74, 6) is 0. The molecule has 0 aliphatic heterocycles. The molecule has 0 rings (SSSR count). The van der Waals surface area contributed by atoms with E-state index in [0.717, 1.165) is 0 Å². The molecule has 0 radical (unpaired) electrons. The zero-order valence-electron chi connectivity index (χ0n) is 83.9. The first-order valence-corrected chi connectivity index (χ1v) is 49.1. The van der Waals surface area contributed by atoms with Gasteiger partial charge in [0.15, 0.2) is 0 Å². The molecule has 0 amide bonds. The second-order valence-corrected chi connectivity index (χ2v) is 27.8. The van der Waals surface area contributed by atoms with Crippen molar-refractivity contribution >= 4 is 0 Å². The largest absolute Gasteiger partial charge is 0.382 e. The van der Waals surface area contributed by atoms with Gasteiger partial charge in [-0.2, -0.15) is 0 Å². The minimum Gasteiger partial charge on any atom is -0.382 e. The van der Waals surface area contributed by atoms with Crippen LogP contribution in [0.15, 0.2) is 0 Å². The molecule has 0 saturated heterocycles. The van der Waals surface area contributed by atoms with E-state index in [0.29, 0.717) is 588 Å². The van der Waals surface area contributed by atoms with Crippen LogP contribution >= 0.6 is 0 Å². The minimum absolute atomic E-state index is 0.139. The summed E-state index contributed by atoms with van der Waals surface area (Å²) >= 11 is 0. The summed E-state index contributed by atoms with van der Waals surface area (Å²) in [7, 11) is 1.64. The van der Waals surface area contributed by atoms with E-state index in [9.17, 15) is 0 Å². The van der Waals surface area contributed by atoms with Crippen LogP contribution in [-0.2, 0) is 218 Å². The van der Waals surface area contributed by atoms with Crippen LogP contribution < -0.4 is 0 Å². The SMILES string of the molecule is COCCOCCOCCOCCOCCOCCOCCOCCOCCOCCOCCOCCOCCOCCOCCOCCOCCOCCOCCOCCOCCOCCOCCOCCOCCOCCOCCOCCOCCOCCOCCOCCOCCOCCOCCOCCOCCOCCOCCOCCOCCOCCOCCOCCOCCOO. The Morgan fingerprint density at radius 2 is 0.116 bits per heavy atom. The topological polar surface area (TPSA) is 445 Å². The molecule has 0 atom stereocenters. The van der Waals surface area contributed by atoms with Crippen molar-refractivity contribution in [1.82, 2.24) is 0 Å². The van der Waals surface area contributed by atoms with Crippen LogP contribution in [0.25, 0.3) is 0 Å². The Balaban J connectivity index is 3.10. The first kappa shape index (κ1) is 136. The molecule has 0 aromatic rings. The van der Waals surface area contributed by atoms with Gasteiger partial charge in [-0.15, -0.1) is 0 Å². The van der Waals surface area contributed by atoms with Crippen molar-refractivity contribution in [3.63, 3.8) is 0 Å². The van der Waals surface area contributed by atoms with Gasteiger partial charge >= 0.3 is 0 Å². The van der Waals surface area contributed by atoms with Gasteiger partial charge in [0.1, 0.15) is 6.61 Å². The van der Waals surface area contributed by atoms with Gasteiger partial charge in [-0.1, -0.05) is 0 Å². The molecule has 0 saturated carbocycles. The van der Waals surface area contributed by atoms with E-state index in [1.54, 1.807) is 7.11 Å². The first-order chi connectivity index (χ1) is 68.9. The Morgan fingerprint density at radius 1 is 0.0725 bits per heavy atom. The predicted molar refractivity (Wildman–Crippen MR) is 496 cm³/mol. The maximum absolute atomic E-state index is 8.19. The Morgan fingerprint density at radius 3 is 0.159 bits per heavy atom. The third-order valence-corrected chi connectivity index (χ3v) is 16.7. The van der Waals surface area contributed by atoms with E-state index in [1.807, 2.05) is 0 Å². The highest BCUT2D eigenvalue weighted by atomic mass is 17.1. The molecule has 47 heteroatoms. The molecule has 1 N–H and O–H groups in total.